The first-order valence-electron chi connectivity index (χ1n) is 15.2. The molecule has 1 N–H and O–H groups in total. The summed E-state index contributed by atoms with van der Waals surface area (Å²) in [6.07, 6.45) is -2.81. The van der Waals surface area contributed by atoms with Crippen LogP contribution in [0, 0.1) is 0 Å². The predicted octanol–water partition coefficient (Wildman–Crippen LogP) is 4.25. The Morgan fingerprint density at radius 2 is 1.78 bits per heavy atom. The van der Waals surface area contributed by atoms with Crippen molar-refractivity contribution in [2.24, 2.45) is 0 Å². The fourth-order valence-electron chi connectivity index (χ4n) is 6.50. The zero-order valence-electron chi connectivity index (χ0n) is 25.7. The van der Waals surface area contributed by atoms with Crippen molar-refractivity contribution in [3.05, 3.63) is 50.4 Å². The van der Waals surface area contributed by atoms with Crippen LogP contribution in [0.1, 0.15) is 56.9 Å². The van der Waals surface area contributed by atoms with E-state index in [1.54, 1.807) is 9.47 Å². The van der Waals surface area contributed by atoms with E-state index in [2.05, 4.69) is 15.4 Å². The minimum Gasteiger partial charge on any atom is -0.444 e. The molecule has 0 atom stereocenters. The summed E-state index contributed by atoms with van der Waals surface area (Å²) in [4.78, 5) is 48.6. The van der Waals surface area contributed by atoms with Gasteiger partial charge in [-0.15, -0.1) is 5.10 Å². The topological polar surface area (TPSA) is 123 Å². The van der Waals surface area contributed by atoms with Crippen molar-refractivity contribution in [1.29, 1.82) is 0 Å². The van der Waals surface area contributed by atoms with Crippen LogP contribution < -0.4 is 15.8 Å². The lowest BCUT2D eigenvalue weighted by Gasteiger charge is -2.39. The van der Waals surface area contributed by atoms with Crippen molar-refractivity contribution < 1.29 is 32.2 Å². The van der Waals surface area contributed by atoms with E-state index in [1.165, 1.54) is 4.52 Å². The van der Waals surface area contributed by atoms with E-state index < -0.39 is 34.8 Å². The molecule has 12 nitrogen and oxygen atoms in total. The lowest BCUT2D eigenvalue weighted by atomic mass is 9.74. The number of rotatable bonds is 4. The minimum absolute atomic E-state index is 0.0230. The first kappa shape index (κ1) is 32.1. The Morgan fingerprint density at radius 1 is 1.09 bits per heavy atom. The number of ether oxygens (including phenoxy) is 2. The summed E-state index contributed by atoms with van der Waals surface area (Å²) in [6, 6.07) is 2.71. The molecule has 1 aliphatic carbocycles. The van der Waals surface area contributed by atoms with Gasteiger partial charge in [0.1, 0.15) is 12.1 Å². The normalized spacial score (nSPS) is 18.2. The molecule has 2 amide bonds. The number of fused-ring (bicyclic) bond motifs is 3. The van der Waals surface area contributed by atoms with Crippen LogP contribution in [0.15, 0.2) is 23.0 Å². The third-order valence-corrected chi connectivity index (χ3v) is 9.06. The lowest BCUT2D eigenvalue weighted by molar-refractivity contribution is -0.137. The summed E-state index contributed by atoms with van der Waals surface area (Å²) in [7, 11) is 0. The summed E-state index contributed by atoms with van der Waals surface area (Å²) in [5.41, 5.74) is -1.21. The van der Waals surface area contributed by atoms with Crippen LogP contribution in [-0.2, 0) is 38.8 Å². The van der Waals surface area contributed by atoms with Crippen molar-refractivity contribution in [3.63, 3.8) is 0 Å². The molecule has 2 fully saturated rings. The molecule has 3 aliphatic rings. The number of morpholine rings is 1. The van der Waals surface area contributed by atoms with Gasteiger partial charge in [0.25, 0.3) is 5.56 Å². The Bertz CT molecular complexity index is 1740. The highest BCUT2D eigenvalue weighted by Gasteiger charge is 2.47. The van der Waals surface area contributed by atoms with Crippen LogP contribution in [0.4, 0.5) is 29.6 Å². The molecule has 2 saturated heterocycles. The molecule has 4 heterocycles. The molecule has 46 heavy (non-hydrogen) atoms. The Morgan fingerprint density at radius 3 is 2.41 bits per heavy atom. The fraction of sp³-hybridized carbons (Fsp3) is 0.567. The van der Waals surface area contributed by atoms with Gasteiger partial charge >= 0.3 is 12.3 Å². The summed E-state index contributed by atoms with van der Waals surface area (Å²) in [5.74, 6) is -0.0500. The third-order valence-electron chi connectivity index (χ3n) is 8.75. The number of benzene rings is 1. The van der Waals surface area contributed by atoms with Crippen molar-refractivity contribution in [3.8, 4) is 0 Å². The maximum atomic E-state index is 14.2. The predicted molar refractivity (Wildman–Crippen MR) is 162 cm³/mol. The number of likely N-dealkylation sites (tertiary alicyclic amines) is 1. The van der Waals surface area contributed by atoms with Gasteiger partial charge in [0.15, 0.2) is 0 Å². The highest BCUT2D eigenvalue weighted by molar-refractivity contribution is 6.33. The molecule has 3 aromatic rings. The second kappa shape index (κ2) is 11.7. The van der Waals surface area contributed by atoms with E-state index in [1.807, 2.05) is 25.7 Å². The minimum atomic E-state index is -4.58. The first-order valence-corrected chi connectivity index (χ1v) is 15.5. The van der Waals surface area contributed by atoms with Crippen LogP contribution in [0.3, 0.4) is 0 Å². The van der Waals surface area contributed by atoms with Crippen LogP contribution in [-0.4, -0.2) is 81.1 Å². The van der Waals surface area contributed by atoms with Gasteiger partial charge in [-0.1, -0.05) is 11.6 Å². The molecule has 2 aromatic heterocycles. The highest BCUT2D eigenvalue weighted by atomic mass is 35.5. The SMILES string of the molecule is CC(C)(C)OC(=O)N1CCC2(CCc3c2c(=O)n2nc(N4CCOCC4)nc2n3CC(=O)Nc2ccc(C(F)(F)F)cc2Cl)CC1. The van der Waals surface area contributed by atoms with Gasteiger partial charge in [-0.3, -0.25) is 9.59 Å². The third kappa shape index (κ3) is 6.14. The average Bonchev–Trinajstić information content (AvgIpc) is 3.59. The lowest BCUT2D eigenvalue weighted by Crippen LogP contribution is -2.48. The van der Waals surface area contributed by atoms with E-state index in [-0.39, 0.29) is 28.6 Å². The van der Waals surface area contributed by atoms with Crippen LogP contribution >= 0.6 is 11.6 Å². The van der Waals surface area contributed by atoms with Crippen molar-refractivity contribution in [2.75, 3.05) is 49.6 Å². The van der Waals surface area contributed by atoms with Crippen LogP contribution in [0.5, 0.6) is 0 Å². The van der Waals surface area contributed by atoms with Gasteiger partial charge in [-0.25, -0.2) is 4.79 Å². The maximum Gasteiger partial charge on any atom is 0.416 e. The number of anilines is 2. The number of alkyl halides is 3. The van der Waals surface area contributed by atoms with Gasteiger partial charge in [0, 0.05) is 42.9 Å². The van der Waals surface area contributed by atoms with Crippen LogP contribution in [0.25, 0.3) is 5.78 Å². The second-order valence-corrected chi connectivity index (χ2v) is 13.3. The zero-order valence-corrected chi connectivity index (χ0v) is 26.5. The quantitative estimate of drug-likeness (QED) is 0.439. The monoisotopic (exact) mass is 665 g/mol. The fourth-order valence-corrected chi connectivity index (χ4v) is 6.73. The Labute approximate surface area is 267 Å². The smallest absolute Gasteiger partial charge is 0.416 e. The Kier molecular flexibility index (Phi) is 8.20. The van der Waals surface area contributed by atoms with Gasteiger partial charge in [-0.2, -0.15) is 22.7 Å². The second-order valence-electron chi connectivity index (χ2n) is 12.9. The van der Waals surface area contributed by atoms with Crippen molar-refractivity contribution >= 4 is 41.0 Å². The molecule has 0 bridgehead atoms. The number of carbonyl (C=O) groups is 2. The number of hydrogen-bond donors (Lipinski definition) is 1. The molecule has 6 rings (SSSR count). The number of halogens is 4. The Hall–Kier alpha value is -3.85. The number of piperidine rings is 1. The highest BCUT2D eigenvalue weighted by Crippen LogP contribution is 2.45. The number of nitrogens with zero attached hydrogens (tertiary/aromatic N) is 6. The largest absolute Gasteiger partial charge is 0.444 e. The molecule has 16 heteroatoms. The van der Waals surface area contributed by atoms with E-state index in [9.17, 15) is 27.6 Å². The standard InChI is InChI=1S/C30H35ClF3N7O5/c1-28(2,3)46-27(44)39-10-8-29(9-11-39)7-6-21-23(29)24(43)41-26(36-25(37-41)38-12-14-45-15-13-38)40(21)17-22(42)35-20-5-4-18(16-19(20)31)30(32,33)34/h4-5,16H,6-15,17H2,1-3H3,(H,35,42). The van der Waals surface area contributed by atoms with Crippen molar-refractivity contribution in [2.45, 2.75) is 70.2 Å². The van der Waals surface area contributed by atoms with Crippen LogP contribution in [0.2, 0.25) is 5.02 Å². The van der Waals surface area contributed by atoms with Gasteiger partial charge in [0.05, 0.1) is 29.5 Å². The van der Waals surface area contributed by atoms with Crippen molar-refractivity contribution in [1.82, 2.24) is 24.1 Å². The number of nitrogens with one attached hydrogen (secondary N) is 1. The number of carbonyl (C=O) groups excluding carboxylic acids is 2. The molecular weight excluding hydrogens is 631 g/mol. The molecule has 2 aliphatic heterocycles. The molecular formula is C30H35ClF3N7O5. The average molecular weight is 666 g/mol. The summed E-state index contributed by atoms with van der Waals surface area (Å²) >= 11 is 6.11. The zero-order chi connectivity index (χ0) is 33.0. The van der Waals surface area contributed by atoms with Gasteiger partial charge < -0.3 is 29.2 Å². The molecule has 1 aromatic carbocycles. The maximum absolute atomic E-state index is 14.2. The van der Waals surface area contributed by atoms with Gasteiger partial charge in [0.2, 0.25) is 17.6 Å². The Balaban J connectivity index is 1.35. The summed E-state index contributed by atoms with van der Waals surface area (Å²) < 4.78 is 53.3. The first-order chi connectivity index (χ1) is 21.6. The molecule has 0 unspecified atom stereocenters. The summed E-state index contributed by atoms with van der Waals surface area (Å²) in [6.45, 7) is 7.94. The number of aromatic nitrogens is 4. The van der Waals surface area contributed by atoms with E-state index in [0.717, 1.165) is 18.2 Å². The molecule has 0 radical (unpaired) electrons. The number of hydrogen-bond acceptors (Lipinski definition) is 8. The molecule has 1 spiro atoms. The van der Waals surface area contributed by atoms with E-state index in [4.69, 9.17) is 21.1 Å². The van der Waals surface area contributed by atoms with E-state index in [0.29, 0.717) is 82.3 Å². The van der Waals surface area contributed by atoms with Gasteiger partial charge in [-0.05, 0) is 64.7 Å². The van der Waals surface area contributed by atoms with E-state index >= 15 is 0 Å². The molecule has 248 valence electrons. The summed E-state index contributed by atoms with van der Waals surface area (Å²) in [5, 5.41) is 6.92. The molecule has 0 saturated carbocycles. The number of amides is 2.